The summed E-state index contributed by atoms with van der Waals surface area (Å²) in [5.41, 5.74) is 1.35. The largest absolute Gasteiger partial charge is 0.303 e. The molecule has 19 heavy (non-hydrogen) atoms. The SMILES string of the molecule is CCc1cnc(CNC(c2ccccc2)C(C)C)s1. The van der Waals surface area contributed by atoms with Crippen molar-refractivity contribution in [2.75, 3.05) is 0 Å². The van der Waals surface area contributed by atoms with E-state index in [9.17, 15) is 0 Å². The number of nitrogens with one attached hydrogen (secondary N) is 1. The van der Waals surface area contributed by atoms with Gasteiger partial charge < -0.3 is 5.32 Å². The topological polar surface area (TPSA) is 24.9 Å². The molecular weight excluding hydrogens is 252 g/mol. The van der Waals surface area contributed by atoms with Crippen LogP contribution >= 0.6 is 11.3 Å². The van der Waals surface area contributed by atoms with E-state index < -0.39 is 0 Å². The van der Waals surface area contributed by atoms with Crippen LogP contribution in [0.5, 0.6) is 0 Å². The molecule has 1 aromatic carbocycles. The maximum Gasteiger partial charge on any atom is 0.107 e. The van der Waals surface area contributed by atoms with Crippen LogP contribution in [-0.2, 0) is 13.0 Å². The summed E-state index contributed by atoms with van der Waals surface area (Å²) < 4.78 is 0. The van der Waals surface area contributed by atoms with Crippen LogP contribution in [0.1, 0.15) is 42.3 Å². The highest BCUT2D eigenvalue weighted by atomic mass is 32.1. The summed E-state index contributed by atoms with van der Waals surface area (Å²) in [4.78, 5) is 5.83. The van der Waals surface area contributed by atoms with Crippen LogP contribution < -0.4 is 5.32 Å². The van der Waals surface area contributed by atoms with Gasteiger partial charge in [-0.25, -0.2) is 4.98 Å². The molecule has 0 bridgehead atoms. The van der Waals surface area contributed by atoms with E-state index >= 15 is 0 Å². The molecule has 102 valence electrons. The Hall–Kier alpha value is -1.19. The number of hydrogen-bond donors (Lipinski definition) is 1. The molecule has 2 nitrogen and oxygen atoms in total. The number of benzene rings is 1. The van der Waals surface area contributed by atoms with Gasteiger partial charge in [0.15, 0.2) is 0 Å². The van der Waals surface area contributed by atoms with Crippen molar-refractivity contribution in [3.05, 3.63) is 52.0 Å². The molecule has 0 aliphatic rings. The average molecular weight is 274 g/mol. The molecule has 0 spiro atoms. The monoisotopic (exact) mass is 274 g/mol. The van der Waals surface area contributed by atoms with Gasteiger partial charge in [0.25, 0.3) is 0 Å². The Kier molecular flexibility index (Phi) is 5.11. The van der Waals surface area contributed by atoms with Gasteiger partial charge in [0.05, 0.1) is 0 Å². The number of hydrogen-bond acceptors (Lipinski definition) is 3. The van der Waals surface area contributed by atoms with E-state index in [2.05, 4.69) is 61.4 Å². The molecule has 2 rings (SSSR count). The van der Waals surface area contributed by atoms with Gasteiger partial charge in [-0.15, -0.1) is 11.3 Å². The zero-order chi connectivity index (χ0) is 13.7. The summed E-state index contributed by atoms with van der Waals surface area (Å²) in [5, 5.41) is 4.82. The highest BCUT2D eigenvalue weighted by molar-refractivity contribution is 7.11. The van der Waals surface area contributed by atoms with Crippen LogP contribution in [0.3, 0.4) is 0 Å². The third-order valence-electron chi connectivity index (χ3n) is 3.25. The van der Waals surface area contributed by atoms with Crippen LogP contribution in [0.15, 0.2) is 36.5 Å². The Balaban J connectivity index is 2.02. The van der Waals surface area contributed by atoms with Gasteiger partial charge >= 0.3 is 0 Å². The van der Waals surface area contributed by atoms with Gasteiger partial charge in [-0.3, -0.25) is 0 Å². The molecule has 2 aromatic rings. The summed E-state index contributed by atoms with van der Waals surface area (Å²) >= 11 is 1.81. The van der Waals surface area contributed by atoms with Crippen molar-refractivity contribution < 1.29 is 0 Å². The highest BCUT2D eigenvalue weighted by Crippen LogP contribution is 2.22. The zero-order valence-electron chi connectivity index (χ0n) is 11.9. The summed E-state index contributed by atoms with van der Waals surface area (Å²) in [5.74, 6) is 0.563. The van der Waals surface area contributed by atoms with E-state index in [-0.39, 0.29) is 0 Å². The molecule has 0 saturated carbocycles. The van der Waals surface area contributed by atoms with Gasteiger partial charge in [0.2, 0.25) is 0 Å². The minimum Gasteiger partial charge on any atom is -0.303 e. The molecule has 0 aliphatic heterocycles. The van der Waals surface area contributed by atoms with Crippen LogP contribution in [0.4, 0.5) is 0 Å². The minimum absolute atomic E-state index is 0.384. The normalized spacial score (nSPS) is 12.8. The van der Waals surface area contributed by atoms with Gasteiger partial charge in [-0.05, 0) is 17.9 Å². The van der Waals surface area contributed by atoms with Crippen LogP contribution in [0.25, 0.3) is 0 Å². The second-order valence-electron chi connectivity index (χ2n) is 5.09. The van der Waals surface area contributed by atoms with Gasteiger partial charge in [-0.2, -0.15) is 0 Å². The van der Waals surface area contributed by atoms with Crippen molar-refractivity contribution in [3.63, 3.8) is 0 Å². The lowest BCUT2D eigenvalue weighted by atomic mass is 9.96. The van der Waals surface area contributed by atoms with Crippen molar-refractivity contribution in [2.45, 2.75) is 39.8 Å². The lowest BCUT2D eigenvalue weighted by Gasteiger charge is -2.22. The lowest BCUT2D eigenvalue weighted by molar-refractivity contribution is 0.410. The van der Waals surface area contributed by atoms with Crippen LogP contribution in [0, 0.1) is 5.92 Å². The molecule has 0 radical (unpaired) electrons. The predicted octanol–water partition coefficient (Wildman–Crippen LogP) is 4.19. The molecule has 1 aromatic heterocycles. The number of nitrogens with zero attached hydrogens (tertiary/aromatic N) is 1. The van der Waals surface area contributed by atoms with E-state index in [0.29, 0.717) is 12.0 Å². The van der Waals surface area contributed by atoms with Crippen molar-refractivity contribution in [2.24, 2.45) is 5.92 Å². The fourth-order valence-corrected chi connectivity index (χ4v) is 3.00. The Morgan fingerprint density at radius 2 is 1.95 bits per heavy atom. The number of rotatable bonds is 6. The summed E-state index contributed by atoms with van der Waals surface area (Å²) in [6.07, 6.45) is 3.07. The molecule has 0 saturated heterocycles. The van der Waals surface area contributed by atoms with Gasteiger partial charge in [0.1, 0.15) is 5.01 Å². The molecule has 3 heteroatoms. The Bertz CT molecular complexity index is 490. The molecule has 1 unspecified atom stereocenters. The van der Waals surface area contributed by atoms with Crippen LogP contribution in [-0.4, -0.2) is 4.98 Å². The van der Waals surface area contributed by atoms with E-state index in [1.165, 1.54) is 15.4 Å². The third kappa shape index (κ3) is 3.88. The summed E-state index contributed by atoms with van der Waals surface area (Å²) in [7, 11) is 0. The van der Waals surface area contributed by atoms with E-state index in [4.69, 9.17) is 0 Å². The highest BCUT2D eigenvalue weighted by Gasteiger charge is 2.15. The van der Waals surface area contributed by atoms with E-state index in [1.807, 2.05) is 17.5 Å². The fraction of sp³-hybridized carbons (Fsp3) is 0.438. The van der Waals surface area contributed by atoms with Crippen molar-refractivity contribution >= 4 is 11.3 Å². The second-order valence-corrected chi connectivity index (χ2v) is 6.29. The average Bonchev–Trinajstić information content (AvgIpc) is 2.88. The quantitative estimate of drug-likeness (QED) is 0.854. The van der Waals surface area contributed by atoms with E-state index in [1.54, 1.807) is 0 Å². The minimum atomic E-state index is 0.384. The first kappa shape index (κ1) is 14.2. The second kappa shape index (κ2) is 6.83. The third-order valence-corrected chi connectivity index (χ3v) is 4.39. The van der Waals surface area contributed by atoms with Crippen LogP contribution in [0.2, 0.25) is 0 Å². The predicted molar refractivity (Wildman–Crippen MR) is 82.4 cm³/mol. The lowest BCUT2D eigenvalue weighted by Crippen LogP contribution is -2.25. The number of thiazole rings is 1. The maximum atomic E-state index is 4.47. The Morgan fingerprint density at radius 3 is 2.53 bits per heavy atom. The number of aromatic nitrogens is 1. The first-order valence-corrected chi connectivity index (χ1v) is 7.74. The molecule has 1 atom stereocenters. The van der Waals surface area contributed by atoms with Crippen molar-refractivity contribution in [1.82, 2.24) is 10.3 Å². The molecule has 0 fully saturated rings. The summed E-state index contributed by atoms with van der Waals surface area (Å²) in [6, 6.07) is 11.0. The smallest absolute Gasteiger partial charge is 0.107 e. The molecular formula is C16H22N2S. The molecule has 0 aliphatic carbocycles. The Labute approximate surface area is 119 Å². The first-order valence-electron chi connectivity index (χ1n) is 6.92. The van der Waals surface area contributed by atoms with E-state index in [0.717, 1.165) is 13.0 Å². The van der Waals surface area contributed by atoms with Gasteiger partial charge in [0, 0.05) is 23.7 Å². The molecule has 1 heterocycles. The first-order chi connectivity index (χ1) is 9.20. The summed E-state index contributed by atoms with van der Waals surface area (Å²) in [6.45, 7) is 7.53. The van der Waals surface area contributed by atoms with Crippen molar-refractivity contribution in [3.8, 4) is 0 Å². The Morgan fingerprint density at radius 1 is 1.21 bits per heavy atom. The van der Waals surface area contributed by atoms with Gasteiger partial charge in [-0.1, -0.05) is 51.1 Å². The fourth-order valence-electron chi connectivity index (χ4n) is 2.19. The standard InChI is InChI=1S/C16H22N2S/c1-4-14-10-17-15(19-14)11-18-16(12(2)3)13-8-6-5-7-9-13/h5-10,12,16,18H,4,11H2,1-3H3. The zero-order valence-corrected chi connectivity index (χ0v) is 12.7. The maximum absolute atomic E-state index is 4.47. The number of aryl methyl sites for hydroxylation is 1. The van der Waals surface area contributed by atoms with Crippen molar-refractivity contribution in [1.29, 1.82) is 0 Å². The molecule has 1 N–H and O–H groups in total. The molecule has 0 amide bonds.